The lowest BCUT2D eigenvalue weighted by atomic mass is 10.0. The van der Waals surface area contributed by atoms with Crippen molar-refractivity contribution in [2.24, 2.45) is 0 Å². The van der Waals surface area contributed by atoms with Gasteiger partial charge in [0.15, 0.2) is 6.10 Å². The Labute approximate surface area is 433 Å². The second-order valence-corrected chi connectivity index (χ2v) is 19.5. The molecule has 0 amide bonds. The zero-order valence-electron chi connectivity index (χ0n) is 46.0. The molecule has 0 heterocycles. The van der Waals surface area contributed by atoms with Crippen LogP contribution < -0.4 is 0 Å². The number of ether oxygens (including phenoxy) is 3. The summed E-state index contributed by atoms with van der Waals surface area (Å²) in [6, 6.07) is 0. The van der Waals surface area contributed by atoms with Crippen LogP contribution in [0.2, 0.25) is 0 Å². The Hall–Kier alpha value is -3.41. The molecule has 0 aliphatic rings. The molecule has 402 valence electrons. The zero-order valence-corrected chi connectivity index (χ0v) is 46.0. The van der Waals surface area contributed by atoms with Crippen molar-refractivity contribution in [2.75, 3.05) is 13.2 Å². The molecule has 6 nitrogen and oxygen atoms in total. The Kier molecular flexibility index (Phi) is 55.3. The summed E-state index contributed by atoms with van der Waals surface area (Å²) in [6.45, 7) is 6.43. The highest BCUT2D eigenvalue weighted by Gasteiger charge is 2.19. The molecular formula is C64H110O6. The van der Waals surface area contributed by atoms with Crippen LogP contribution >= 0.6 is 0 Å². The van der Waals surface area contributed by atoms with E-state index in [4.69, 9.17) is 14.2 Å². The number of hydrogen-bond acceptors (Lipinski definition) is 6. The summed E-state index contributed by atoms with van der Waals surface area (Å²) >= 11 is 0. The van der Waals surface area contributed by atoms with E-state index in [-0.39, 0.29) is 31.1 Å². The molecule has 0 fully saturated rings. The minimum atomic E-state index is -0.785. The summed E-state index contributed by atoms with van der Waals surface area (Å²) in [5, 5.41) is 0. The molecule has 6 heteroatoms. The maximum Gasteiger partial charge on any atom is 0.306 e. The molecular weight excluding hydrogens is 865 g/mol. The quantitative estimate of drug-likeness (QED) is 0.0261. The molecule has 70 heavy (non-hydrogen) atoms. The van der Waals surface area contributed by atoms with Crippen molar-refractivity contribution in [1.29, 1.82) is 0 Å². The van der Waals surface area contributed by atoms with Crippen LogP contribution in [0.3, 0.4) is 0 Å². The van der Waals surface area contributed by atoms with E-state index >= 15 is 0 Å². The normalized spacial score (nSPS) is 12.7. The molecule has 0 bridgehead atoms. The number of allylic oxidation sites excluding steroid dienone is 14. The average Bonchev–Trinajstić information content (AvgIpc) is 3.36. The van der Waals surface area contributed by atoms with E-state index in [2.05, 4.69) is 106 Å². The van der Waals surface area contributed by atoms with Crippen LogP contribution in [0, 0.1) is 0 Å². The highest BCUT2D eigenvalue weighted by molar-refractivity contribution is 5.71. The van der Waals surface area contributed by atoms with Gasteiger partial charge in [-0.1, -0.05) is 260 Å². The number of carbonyl (C=O) groups excluding carboxylic acids is 3. The predicted octanol–water partition coefficient (Wildman–Crippen LogP) is 19.9. The highest BCUT2D eigenvalue weighted by atomic mass is 16.6. The minimum absolute atomic E-state index is 0.0811. The Bertz CT molecular complexity index is 1350. The Balaban J connectivity index is 4.40. The minimum Gasteiger partial charge on any atom is -0.462 e. The third-order valence-electron chi connectivity index (χ3n) is 12.6. The van der Waals surface area contributed by atoms with Gasteiger partial charge in [-0.2, -0.15) is 0 Å². The maximum absolute atomic E-state index is 12.9. The van der Waals surface area contributed by atoms with E-state index in [0.717, 1.165) is 109 Å². The number of hydrogen-bond donors (Lipinski definition) is 0. The molecule has 0 saturated heterocycles. The topological polar surface area (TPSA) is 78.9 Å². The average molecular weight is 976 g/mol. The van der Waals surface area contributed by atoms with Gasteiger partial charge in [-0.25, -0.2) is 0 Å². The van der Waals surface area contributed by atoms with Gasteiger partial charge in [-0.05, 0) is 89.9 Å². The summed E-state index contributed by atoms with van der Waals surface area (Å²) in [4.78, 5) is 38.2. The van der Waals surface area contributed by atoms with Crippen LogP contribution in [0.15, 0.2) is 85.1 Å². The second-order valence-electron chi connectivity index (χ2n) is 19.5. The molecule has 0 radical (unpaired) electrons. The maximum atomic E-state index is 12.9. The van der Waals surface area contributed by atoms with Crippen LogP contribution in [-0.2, 0) is 28.6 Å². The Morgan fingerprint density at radius 1 is 0.300 bits per heavy atom. The van der Waals surface area contributed by atoms with Crippen molar-refractivity contribution in [3.05, 3.63) is 85.1 Å². The predicted molar refractivity (Wildman–Crippen MR) is 302 cm³/mol. The molecule has 0 aromatic rings. The molecule has 0 N–H and O–H groups in total. The molecule has 0 saturated carbocycles. The first-order valence-electron chi connectivity index (χ1n) is 29.6. The number of rotatable bonds is 53. The fourth-order valence-corrected chi connectivity index (χ4v) is 8.27. The van der Waals surface area contributed by atoms with Gasteiger partial charge in [0.25, 0.3) is 0 Å². The molecule has 0 aliphatic carbocycles. The van der Waals surface area contributed by atoms with Gasteiger partial charge in [-0.3, -0.25) is 14.4 Å². The monoisotopic (exact) mass is 975 g/mol. The van der Waals surface area contributed by atoms with Crippen LogP contribution in [0.5, 0.6) is 0 Å². The number of carbonyl (C=O) groups is 3. The fraction of sp³-hybridized carbons (Fsp3) is 0.734. The van der Waals surface area contributed by atoms with E-state index in [9.17, 15) is 14.4 Å². The lowest BCUT2D eigenvalue weighted by Crippen LogP contribution is -2.30. The standard InChI is InChI=1S/C64H110O6/c1-4-7-10-13-16-19-22-25-28-30-32-34-36-39-42-45-48-51-54-57-63(66)69-60-61(59-68-62(65)56-53-50-47-44-41-38-27-24-21-18-15-12-9-6-3)70-64(67)58-55-52-49-46-43-40-37-35-33-31-29-26-23-20-17-14-11-8-5-2/h7-8,10-11,16-17,19-20,25-26,28-29,32,34,61H,4-6,9,12-15,18,21-24,27,30-31,33,35-60H2,1-3H3/b10-7-,11-8-,19-16-,20-17-,28-25-,29-26-,34-32-. The summed E-state index contributed by atoms with van der Waals surface area (Å²) in [5.74, 6) is -0.892. The van der Waals surface area contributed by atoms with Crippen molar-refractivity contribution >= 4 is 17.9 Å². The van der Waals surface area contributed by atoms with Gasteiger partial charge < -0.3 is 14.2 Å². The lowest BCUT2D eigenvalue weighted by Gasteiger charge is -2.18. The van der Waals surface area contributed by atoms with Crippen LogP contribution in [0.25, 0.3) is 0 Å². The van der Waals surface area contributed by atoms with Gasteiger partial charge in [0.05, 0.1) is 0 Å². The first-order chi connectivity index (χ1) is 34.5. The molecule has 0 aromatic carbocycles. The SMILES string of the molecule is CC/C=C\C/C=C\C/C=C\C/C=C\CCCCCCCCC(=O)OCC(COC(=O)CCCCCCCCCCCCCCCC)OC(=O)CCCCCCCCCCC/C=C\C/C=C\C/C=C\CC. The Morgan fingerprint density at radius 3 is 0.871 bits per heavy atom. The smallest absolute Gasteiger partial charge is 0.306 e. The summed E-state index contributed by atoms with van der Waals surface area (Å²) in [5.41, 5.74) is 0. The van der Waals surface area contributed by atoms with Gasteiger partial charge >= 0.3 is 17.9 Å². The van der Waals surface area contributed by atoms with Gasteiger partial charge in [-0.15, -0.1) is 0 Å². The third kappa shape index (κ3) is 55.5. The Morgan fingerprint density at radius 2 is 0.557 bits per heavy atom. The van der Waals surface area contributed by atoms with Crippen LogP contribution in [-0.4, -0.2) is 37.2 Å². The number of unbranched alkanes of at least 4 members (excludes halogenated alkanes) is 28. The first kappa shape index (κ1) is 66.6. The van der Waals surface area contributed by atoms with E-state index in [0.29, 0.717) is 19.3 Å². The van der Waals surface area contributed by atoms with E-state index in [1.165, 1.54) is 135 Å². The van der Waals surface area contributed by atoms with Crippen molar-refractivity contribution in [1.82, 2.24) is 0 Å². The zero-order chi connectivity index (χ0) is 50.7. The van der Waals surface area contributed by atoms with Crippen molar-refractivity contribution in [3.63, 3.8) is 0 Å². The van der Waals surface area contributed by atoms with Gasteiger partial charge in [0.2, 0.25) is 0 Å². The van der Waals surface area contributed by atoms with Crippen LogP contribution in [0.4, 0.5) is 0 Å². The van der Waals surface area contributed by atoms with Crippen molar-refractivity contribution < 1.29 is 28.6 Å². The van der Waals surface area contributed by atoms with E-state index < -0.39 is 6.10 Å². The summed E-state index contributed by atoms with van der Waals surface area (Å²) < 4.78 is 16.9. The third-order valence-corrected chi connectivity index (χ3v) is 12.6. The lowest BCUT2D eigenvalue weighted by molar-refractivity contribution is -0.167. The van der Waals surface area contributed by atoms with Crippen LogP contribution in [0.1, 0.15) is 284 Å². The molecule has 0 aromatic heterocycles. The molecule has 0 rings (SSSR count). The van der Waals surface area contributed by atoms with Crippen molar-refractivity contribution in [2.45, 2.75) is 290 Å². The highest BCUT2D eigenvalue weighted by Crippen LogP contribution is 2.16. The second kappa shape index (κ2) is 58.2. The molecule has 0 aliphatic heterocycles. The molecule has 1 unspecified atom stereocenters. The van der Waals surface area contributed by atoms with E-state index in [1.807, 2.05) is 0 Å². The molecule has 0 spiro atoms. The van der Waals surface area contributed by atoms with Gasteiger partial charge in [0.1, 0.15) is 13.2 Å². The number of esters is 3. The van der Waals surface area contributed by atoms with Gasteiger partial charge in [0, 0.05) is 19.3 Å². The van der Waals surface area contributed by atoms with Crippen molar-refractivity contribution in [3.8, 4) is 0 Å². The molecule has 1 atom stereocenters. The fourth-order valence-electron chi connectivity index (χ4n) is 8.27. The first-order valence-corrected chi connectivity index (χ1v) is 29.6. The largest absolute Gasteiger partial charge is 0.462 e. The summed E-state index contributed by atoms with van der Waals surface area (Å²) in [7, 11) is 0. The van der Waals surface area contributed by atoms with E-state index in [1.54, 1.807) is 0 Å². The summed E-state index contributed by atoms with van der Waals surface area (Å²) in [6.07, 6.45) is 75.7.